The molecule has 0 radical (unpaired) electrons. The van der Waals surface area contributed by atoms with Crippen LogP contribution in [0.5, 0.6) is 11.5 Å². The number of carbonyl (C=O) groups excluding carboxylic acids is 4. The molecule has 0 aliphatic heterocycles. The van der Waals surface area contributed by atoms with Gasteiger partial charge in [-0.05, 0) is 30.5 Å². The smallest absolute Gasteiger partial charge is 0.468 e. The van der Waals surface area contributed by atoms with Crippen molar-refractivity contribution in [3.05, 3.63) is 23.8 Å². The maximum Gasteiger partial charge on any atom is 0.513 e. The Morgan fingerprint density at radius 2 is 1.59 bits per heavy atom. The summed E-state index contributed by atoms with van der Waals surface area (Å²) in [6.45, 7) is 2.30. The Kier molecular flexibility index (Phi) is 12.2. The van der Waals surface area contributed by atoms with E-state index in [1.165, 1.54) is 19.2 Å². The Bertz CT molecular complexity index is 780. The fourth-order valence-corrected chi connectivity index (χ4v) is 2.51. The van der Waals surface area contributed by atoms with Gasteiger partial charge < -0.3 is 33.7 Å². The van der Waals surface area contributed by atoms with Crippen LogP contribution in [-0.4, -0.2) is 64.8 Å². The van der Waals surface area contributed by atoms with Crippen LogP contribution in [0.4, 0.5) is 9.59 Å². The van der Waals surface area contributed by atoms with E-state index in [2.05, 4.69) is 14.8 Å². The van der Waals surface area contributed by atoms with Crippen LogP contribution >= 0.6 is 0 Å². The number of rotatable bonds is 12. The van der Waals surface area contributed by atoms with Crippen molar-refractivity contribution in [3.8, 4) is 11.5 Å². The first-order valence-corrected chi connectivity index (χ1v) is 9.95. The van der Waals surface area contributed by atoms with Gasteiger partial charge in [-0.2, -0.15) is 0 Å². The molecule has 0 aromatic heterocycles. The van der Waals surface area contributed by atoms with Crippen LogP contribution in [-0.2, 0) is 35.0 Å². The minimum atomic E-state index is -1.02. The molecule has 1 rings (SSSR count). The predicted molar refractivity (Wildman–Crippen MR) is 111 cm³/mol. The van der Waals surface area contributed by atoms with Gasteiger partial charge in [-0.3, -0.25) is 9.59 Å². The summed E-state index contributed by atoms with van der Waals surface area (Å²) in [6.07, 6.45) is 0.109. The van der Waals surface area contributed by atoms with Gasteiger partial charge in [-0.25, -0.2) is 9.59 Å². The molecule has 1 N–H and O–H groups in total. The molecule has 0 heterocycles. The van der Waals surface area contributed by atoms with Crippen LogP contribution in [0.3, 0.4) is 0 Å². The lowest BCUT2D eigenvalue weighted by atomic mass is 10.1. The molecule has 0 saturated carbocycles. The Morgan fingerprint density at radius 3 is 2.19 bits per heavy atom. The van der Waals surface area contributed by atoms with Crippen molar-refractivity contribution in [2.24, 2.45) is 0 Å². The van der Waals surface area contributed by atoms with E-state index in [1.807, 2.05) is 6.92 Å². The minimum Gasteiger partial charge on any atom is -0.468 e. The Morgan fingerprint density at radius 1 is 0.938 bits per heavy atom. The van der Waals surface area contributed by atoms with Crippen molar-refractivity contribution in [1.82, 2.24) is 5.32 Å². The Balaban J connectivity index is 2.86. The van der Waals surface area contributed by atoms with Gasteiger partial charge in [0.2, 0.25) is 0 Å². The van der Waals surface area contributed by atoms with E-state index in [-0.39, 0.29) is 37.0 Å². The average molecular weight is 455 g/mol. The number of esters is 2. The lowest BCUT2D eigenvalue weighted by Crippen LogP contribution is -2.41. The topological polar surface area (TPSA) is 136 Å². The summed E-state index contributed by atoms with van der Waals surface area (Å²) in [7, 11) is 3.51. The van der Waals surface area contributed by atoms with Gasteiger partial charge in [-0.15, -0.1) is 0 Å². The predicted octanol–water partition coefficient (Wildman–Crippen LogP) is 2.38. The first-order valence-electron chi connectivity index (χ1n) is 9.95. The second-order valence-electron chi connectivity index (χ2n) is 6.45. The van der Waals surface area contributed by atoms with Gasteiger partial charge in [-0.1, -0.05) is 19.4 Å². The third kappa shape index (κ3) is 9.65. The van der Waals surface area contributed by atoms with E-state index in [9.17, 15) is 19.2 Å². The van der Waals surface area contributed by atoms with Crippen molar-refractivity contribution < 1.29 is 47.6 Å². The molecule has 11 nitrogen and oxygen atoms in total. The fourth-order valence-electron chi connectivity index (χ4n) is 2.51. The number of methoxy groups -OCH3 is 3. The van der Waals surface area contributed by atoms with Gasteiger partial charge >= 0.3 is 24.2 Å². The molecule has 0 amide bonds. The van der Waals surface area contributed by atoms with E-state index in [4.69, 9.17) is 18.9 Å². The number of ether oxygens (including phenoxy) is 6. The summed E-state index contributed by atoms with van der Waals surface area (Å²) in [4.78, 5) is 46.7. The largest absolute Gasteiger partial charge is 0.513 e. The number of carbonyl (C=O) groups is 4. The first-order chi connectivity index (χ1) is 15.3. The number of unbranched alkanes of at least 4 members (excludes halogenated alkanes) is 1. The molecule has 0 unspecified atom stereocenters. The van der Waals surface area contributed by atoms with Crippen molar-refractivity contribution in [2.75, 3.05) is 34.5 Å². The summed E-state index contributed by atoms with van der Waals surface area (Å²) in [6, 6.07) is 3.60. The second-order valence-corrected chi connectivity index (χ2v) is 6.45. The Hall–Kier alpha value is -3.34. The second kappa shape index (κ2) is 14.6. The summed E-state index contributed by atoms with van der Waals surface area (Å²) < 4.78 is 28.8. The zero-order valence-corrected chi connectivity index (χ0v) is 18.6. The standard InChI is InChI=1S/C21H29NO10/c1-5-6-7-18(23)30-11-10-22-15(19(24)27-2)12-14-8-9-16(31-20(25)28-3)17(13-14)32-21(26)29-4/h8-9,13,15,22H,5-7,10-12H2,1-4H3/t15-/m0/s1. The highest BCUT2D eigenvalue weighted by Crippen LogP contribution is 2.30. The van der Waals surface area contributed by atoms with E-state index in [0.717, 1.165) is 27.1 Å². The molecular weight excluding hydrogens is 426 g/mol. The monoisotopic (exact) mass is 455 g/mol. The molecule has 0 saturated heterocycles. The van der Waals surface area contributed by atoms with E-state index < -0.39 is 24.3 Å². The highest BCUT2D eigenvalue weighted by atomic mass is 16.7. The van der Waals surface area contributed by atoms with Gasteiger partial charge in [0, 0.05) is 13.0 Å². The molecule has 32 heavy (non-hydrogen) atoms. The van der Waals surface area contributed by atoms with Crippen molar-refractivity contribution >= 4 is 24.2 Å². The van der Waals surface area contributed by atoms with E-state index >= 15 is 0 Å². The highest BCUT2D eigenvalue weighted by molar-refractivity contribution is 5.76. The fraction of sp³-hybridized carbons (Fsp3) is 0.524. The Labute approximate surface area is 186 Å². The maximum atomic E-state index is 12.2. The summed E-state index contributed by atoms with van der Waals surface area (Å²) in [5.41, 5.74) is 0.559. The molecule has 11 heteroatoms. The van der Waals surface area contributed by atoms with E-state index in [1.54, 1.807) is 6.07 Å². The van der Waals surface area contributed by atoms with Crippen LogP contribution in [0, 0.1) is 0 Å². The van der Waals surface area contributed by atoms with E-state index in [0.29, 0.717) is 12.0 Å². The molecule has 178 valence electrons. The van der Waals surface area contributed by atoms with Crippen LogP contribution in [0.2, 0.25) is 0 Å². The quantitative estimate of drug-likeness (QED) is 0.215. The summed E-state index contributed by atoms with van der Waals surface area (Å²) in [5, 5.41) is 2.97. The molecule has 0 fully saturated rings. The number of nitrogens with one attached hydrogen (secondary N) is 1. The molecule has 1 aromatic carbocycles. The molecule has 0 bridgehead atoms. The lowest BCUT2D eigenvalue weighted by Gasteiger charge is -2.17. The third-order valence-electron chi connectivity index (χ3n) is 4.14. The third-order valence-corrected chi connectivity index (χ3v) is 4.14. The minimum absolute atomic E-state index is 0.0763. The van der Waals surface area contributed by atoms with Crippen LogP contribution in [0.1, 0.15) is 31.7 Å². The van der Waals surface area contributed by atoms with Crippen LogP contribution < -0.4 is 14.8 Å². The number of hydrogen-bond donors (Lipinski definition) is 1. The molecule has 1 atom stereocenters. The molecular formula is C21H29NO10. The SMILES string of the molecule is CCCCC(=O)OCCN[C@@H](Cc1ccc(OC(=O)OC)c(OC(=O)OC)c1)C(=O)OC. The molecule has 0 aliphatic rings. The van der Waals surface area contributed by atoms with Crippen molar-refractivity contribution in [2.45, 2.75) is 38.6 Å². The number of benzene rings is 1. The van der Waals surface area contributed by atoms with Crippen molar-refractivity contribution in [3.63, 3.8) is 0 Å². The zero-order chi connectivity index (χ0) is 23.9. The number of hydrogen-bond acceptors (Lipinski definition) is 11. The molecule has 0 aliphatic carbocycles. The highest BCUT2D eigenvalue weighted by Gasteiger charge is 2.21. The lowest BCUT2D eigenvalue weighted by molar-refractivity contribution is -0.144. The average Bonchev–Trinajstić information content (AvgIpc) is 2.80. The van der Waals surface area contributed by atoms with Crippen LogP contribution in [0.15, 0.2) is 18.2 Å². The van der Waals surface area contributed by atoms with Gasteiger partial charge in [0.15, 0.2) is 11.5 Å². The summed E-state index contributed by atoms with van der Waals surface area (Å²) >= 11 is 0. The molecule has 0 spiro atoms. The normalized spacial score (nSPS) is 11.1. The maximum absolute atomic E-state index is 12.2. The van der Waals surface area contributed by atoms with Gasteiger partial charge in [0.25, 0.3) is 0 Å². The summed E-state index contributed by atoms with van der Waals surface area (Å²) in [5.74, 6) is -1.01. The molecule has 1 aromatic rings. The first kappa shape index (κ1) is 26.7. The van der Waals surface area contributed by atoms with Gasteiger partial charge in [0.05, 0.1) is 21.3 Å². The zero-order valence-electron chi connectivity index (χ0n) is 18.6. The van der Waals surface area contributed by atoms with Crippen LogP contribution in [0.25, 0.3) is 0 Å². The van der Waals surface area contributed by atoms with Crippen molar-refractivity contribution in [1.29, 1.82) is 0 Å². The van der Waals surface area contributed by atoms with Gasteiger partial charge in [0.1, 0.15) is 12.6 Å².